The molecule has 0 aromatic carbocycles. The van der Waals surface area contributed by atoms with Crippen LogP contribution in [0.5, 0.6) is 0 Å². The Labute approximate surface area is 216 Å². The smallest absolute Gasteiger partial charge is 0.101 e. The second-order valence-corrected chi connectivity index (χ2v) is 11.1. The van der Waals surface area contributed by atoms with Crippen LogP contribution in [0.1, 0.15) is 175 Å². The summed E-state index contributed by atoms with van der Waals surface area (Å²) in [6.45, 7) is 9.41. The molecule has 0 saturated heterocycles. The van der Waals surface area contributed by atoms with E-state index in [4.69, 9.17) is 0 Å². The maximum Gasteiger partial charge on any atom is 0.101 e. The summed E-state index contributed by atoms with van der Waals surface area (Å²) in [5, 5.41) is 0. The van der Waals surface area contributed by atoms with Crippen molar-refractivity contribution in [3.63, 3.8) is 0 Å². The first kappa shape index (κ1) is 31.4. The zero-order chi connectivity index (χ0) is 24.5. The normalized spacial score (nSPS) is 15.7. The van der Waals surface area contributed by atoms with Gasteiger partial charge in [0.1, 0.15) is 6.17 Å². The van der Waals surface area contributed by atoms with Crippen LogP contribution >= 0.6 is 0 Å². The van der Waals surface area contributed by atoms with Crippen molar-refractivity contribution < 1.29 is 0 Å². The van der Waals surface area contributed by atoms with Gasteiger partial charge in [0, 0.05) is 25.5 Å². The van der Waals surface area contributed by atoms with Gasteiger partial charge in [0.25, 0.3) is 0 Å². The van der Waals surface area contributed by atoms with Crippen molar-refractivity contribution in [2.75, 3.05) is 13.1 Å². The Morgan fingerprint density at radius 1 is 0.382 bits per heavy atom. The van der Waals surface area contributed by atoms with E-state index in [1.54, 1.807) is 0 Å². The van der Waals surface area contributed by atoms with Crippen molar-refractivity contribution in [2.24, 2.45) is 0 Å². The Kier molecular flexibility index (Phi) is 22.2. The molecule has 0 aliphatic carbocycles. The summed E-state index contributed by atoms with van der Waals surface area (Å²) in [5.74, 6) is 0. The summed E-state index contributed by atoms with van der Waals surface area (Å²) in [7, 11) is 0. The molecule has 0 saturated carbocycles. The van der Waals surface area contributed by atoms with Crippen LogP contribution in [0.4, 0.5) is 0 Å². The summed E-state index contributed by atoms with van der Waals surface area (Å²) in [4.78, 5) is 5.29. The Bertz CT molecular complexity index is 433. The lowest BCUT2D eigenvalue weighted by molar-refractivity contribution is 0.137. The molecule has 1 rings (SSSR count). The van der Waals surface area contributed by atoms with Gasteiger partial charge in [0.15, 0.2) is 0 Å². The van der Waals surface area contributed by atoms with E-state index < -0.39 is 0 Å². The van der Waals surface area contributed by atoms with Crippen LogP contribution in [-0.2, 0) is 0 Å². The second kappa shape index (κ2) is 24.1. The highest BCUT2D eigenvalue weighted by atomic mass is 15.4. The molecule has 2 nitrogen and oxygen atoms in total. The van der Waals surface area contributed by atoms with Crippen molar-refractivity contribution in [3.05, 3.63) is 12.4 Å². The lowest BCUT2D eigenvalue weighted by Gasteiger charge is -2.33. The zero-order valence-electron chi connectivity index (χ0n) is 24.0. The lowest BCUT2D eigenvalue weighted by Crippen LogP contribution is -2.39. The van der Waals surface area contributed by atoms with E-state index in [1.165, 1.54) is 167 Å². The van der Waals surface area contributed by atoms with E-state index in [1.807, 2.05) is 0 Å². The molecule has 202 valence electrons. The van der Waals surface area contributed by atoms with Crippen molar-refractivity contribution in [1.29, 1.82) is 0 Å². The van der Waals surface area contributed by atoms with E-state index in [2.05, 4.69) is 43.0 Å². The molecule has 0 spiro atoms. The fraction of sp³-hybridized carbons (Fsp3) is 0.938. The van der Waals surface area contributed by atoms with Gasteiger partial charge in [-0.15, -0.1) is 0 Å². The molecule has 0 bridgehead atoms. The first-order chi connectivity index (χ1) is 16.8. The van der Waals surface area contributed by atoms with Crippen LogP contribution in [-0.4, -0.2) is 29.1 Å². The van der Waals surface area contributed by atoms with Gasteiger partial charge in [0.2, 0.25) is 0 Å². The van der Waals surface area contributed by atoms with Gasteiger partial charge in [-0.05, 0) is 25.7 Å². The molecule has 1 aliphatic rings. The third-order valence-electron chi connectivity index (χ3n) is 7.78. The fourth-order valence-electron chi connectivity index (χ4n) is 5.55. The minimum atomic E-state index is 0.640. The van der Waals surface area contributed by atoms with E-state index in [9.17, 15) is 0 Å². The molecular formula is C32H64N2. The number of unbranched alkanes of at least 4 members (excludes halogenated alkanes) is 20. The summed E-state index contributed by atoms with van der Waals surface area (Å²) < 4.78 is 0. The van der Waals surface area contributed by atoms with Crippen molar-refractivity contribution in [1.82, 2.24) is 9.80 Å². The second-order valence-electron chi connectivity index (χ2n) is 11.1. The average molecular weight is 477 g/mol. The van der Waals surface area contributed by atoms with Crippen LogP contribution in [0.3, 0.4) is 0 Å². The molecule has 1 aliphatic heterocycles. The molecule has 2 heteroatoms. The van der Waals surface area contributed by atoms with Crippen LogP contribution in [0.15, 0.2) is 12.4 Å². The summed E-state index contributed by atoms with van der Waals surface area (Å²) in [5.41, 5.74) is 0. The van der Waals surface area contributed by atoms with E-state index in [-0.39, 0.29) is 0 Å². The van der Waals surface area contributed by atoms with Gasteiger partial charge >= 0.3 is 0 Å². The number of nitrogens with zero attached hydrogens (tertiary/aromatic N) is 2. The lowest BCUT2D eigenvalue weighted by atomic mass is 10.0. The molecule has 0 amide bonds. The third-order valence-corrected chi connectivity index (χ3v) is 7.78. The van der Waals surface area contributed by atoms with Crippen LogP contribution in [0.25, 0.3) is 0 Å². The quantitative estimate of drug-likeness (QED) is 0.114. The maximum absolute atomic E-state index is 2.67. The zero-order valence-corrected chi connectivity index (χ0v) is 24.0. The predicted octanol–water partition coefficient (Wildman–Crippen LogP) is 10.8. The van der Waals surface area contributed by atoms with Gasteiger partial charge in [-0.25, -0.2) is 0 Å². The van der Waals surface area contributed by atoms with Crippen LogP contribution < -0.4 is 0 Å². The standard InChI is InChI=1S/C32H64N2/c1-4-7-9-11-13-15-17-18-20-22-24-26-29-34-31-30-33(28-6-3)32(34)27-25-23-21-19-16-14-12-10-8-5-2/h30-32H,4-29H2,1-3H3. The van der Waals surface area contributed by atoms with Crippen molar-refractivity contribution in [2.45, 2.75) is 181 Å². The summed E-state index contributed by atoms with van der Waals surface area (Å²) in [6, 6.07) is 0. The SMILES string of the molecule is CCCCCCCCCCCCCCN1C=CN(CCC)C1CCCCCCCCCCCC. The third kappa shape index (κ3) is 16.9. The van der Waals surface area contributed by atoms with Gasteiger partial charge in [-0.1, -0.05) is 149 Å². The maximum atomic E-state index is 2.67. The topological polar surface area (TPSA) is 6.48 Å². The van der Waals surface area contributed by atoms with E-state index in [0.717, 1.165) is 0 Å². The minimum Gasteiger partial charge on any atom is -0.356 e. The molecule has 1 heterocycles. The van der Waals surface area contributed by atoms with Crippen LogP contribution in [0.2, 0.25) is 0 Å². The Morgan fingerprint density at radius 2 is 0.735 bits per heavy atom. The van der Waals surface area contributed by atoms with Crippen molar-refractivity contribution >= 4 is 0 Å². The molecule has 0 aromatic heterocycles. The van der Waals surface area contributed by atoms with Gasteiger partial charge in [0.05, 0.1) is 0 Å². The van der Waals surface area contributed by atoms with Crippen molar-refractivity contribution in [3.8, 4) is 0 Å². The van der Waals surface area contributed by atoms with Gasteiger partial charge in [-0.3, -0.25) is 0 Å². The fourth-order valence-corrected chi connectivity index (χ4v) is 5.55. The highest BCUT2D eigenvalue weighted by Crippen LogP contribution is 2.23. The number of hydrogen-bond acceptors (Lipinski definition) is 2. The highest BCUT2D eigenvalue weighted by Gasteiger charge is 2.24. The Hall–Kier alpha value is -0.660. The number of hydrogen-bond donors (Lipinski definition) is 0. The molecule has 1 atom stereocenters. The molecule has 0 radical (unpaired) electrons. The molecule has 1 unspecified atom stereocenters. The molecular weight excluding hydrogens is 412 g/mol. The van der Waals surface area contributed by atoms with Gasteiger partial charge < -0.3 is 9.80 Å². The summed E-state index contributed by atoms with van der Waals surface area (Å²) in [6.07, 6.45) is 39.6. The molecule has 0 N–H and O–H groups in total. The summed E-state index contributed by atoms with van der Waals surface area (Å²) >= 11 is 0. The Morgan fingerprint density at radius 3 is 1.15 bits per heavy atom. The first-order valence-corrected chi connectivity index (χ1v) is 16.0. The molecule has 34 heavy (non-hydrogen) atoms. The monoisotopic (exact) mass is 477 g/mol. The first-order valence-electron chi connectivity index (χ1n) is 16.0. The highest BCUT2D eigenvalue weighted by molar-refractivity contribution is 4.96. The minimum absolute atomic E-state index is 0.640. The average Bonchev–Trinajstić information content (AvgIpc) is 3.22. The molecule has 0 fully saturated rings. The molecule has 0 aromatic rings. The Balaban J connectivity index is 2.05. The predicted molar refractivity (Wildman–Crippen MR) is 154 cm³/mol. The van der Waals surface area contributed by atoms with E-state index >= 15 is 0 Å². The van der Waals surface area contributed by atoms with E-state index in [0.29, 0.717) is 6.17 Å². The largest absolute Gasteiger partial charge is 0.356 e. The van der Waals surface area contributed by atoms with Gasteiger partial charge in [-0.2, -0.15) is 0 Å². The van der Waals surface area contributed by atoms with Crippen LogP contribution in [0, 0.1) is 0 Å². The number of rotatable bonds is 26.